The van der Waals surface area contributed by atoms with Crippen LogP contribution in [-0.2, 0) is 9.47 Å². The molecule has 0 aromatic heterocycles. The molecule has 0 bridgehead atoms. The van der Waals surface area contributed by atoms with Crippen LogP contribution in [0.2, 0.25) is 0 Å². The van der Waals surface area contributed by atoms with Crippen molar-refractivity contribution in [3.8, 4) is 0 Å². The second-order valence-corrected chi connectivity index (χ2v) is 5.65. The standard InChI is InChI=1S/C19H18O2/c1-3-7-15(8-4-1)17-13-19(20-11-12-21-19)14-18(17)16-9-5-2-6-10-16/h1-10H,11-14H2. The maximum absolute atomic E-state index is 5.94. The van der Waals surface area contributed by atoms with Crippen LogP contribution in [0.5, 0.6) is 0 Å². The Morgan fingerprint density at radius 3 is 1.48 bits per heavy atom. The maximum atomic E-state index is 5.94. The van der Waals surface area contributed by atoms with Gasteiger partial charge < -0.3 is 9.47 Å². The number of hydrogen-bond donors (Lipinski definition) is 0. The van der Waals surface area contributed by atoms with Crippen LogP contribution in [0.1, 0.15) is 24.0 Å². The Labute approximate surface area is 125 Å². The van der Waals surface area contributed by atoms with Crippen molar-refractivity contribution in [3.05, 3.63) is 71.8 Å². The summed E-state index contributed by atoms with van der Waals surface area (Å²) < 4.78 is 11.9. The summed E-state index contributed by atoms with van der Waals surface area (Å²) in [7, 11) is 0. The molecule has 1 fully saturated rings. The lowest BCUT2D eigenvalue weighted by atomic mass is 9.97. The normalized spacial score (nSPS) is 20.4. The van der Waals surface area contributed by atoms with Crippen molar-refractivity contribution in [3.63, 3.8) is 0 Å². The molecule has 1 spiro atoms. The Morgan fingerprint density at radius 1 is 0.619 bits per heavy atom. The number of hydrogen-bond acceptors (Lipinski definition) is 2. The lowest BCUT2D eigenvalue weighted by Crippen LogP contribution is -2.26. The summed E-state index contributed by atoms with van der Waals surface area (Å²) in [5.74, 6) is -0.434. The molecular formula is C19H18O2. The molecule has 0 saturated carbocycles. The fraction of sp³-hybridized carbons (Fsp3) is 0.263. The monoisotopic (exact) mass is 278 g/mol. The van der Waals surface area contributed by atoms with Gasteiger partial charge in [-0.15, -0.1) is 0 Å². The second kappa shape index (κ2) is 5.14. The molecule has 2 heteroatoms. The molecular weight excluding hydrogens is 260 g/mol. The average molecular weight is 278 g/mol. The Morgan fingerprint density at radius 2 is 1.05 bits per heavy atom. The van der Waals surface area contributed by atoms with Gasteiger partial charge in [0.2, 0.25) is 0 Å². The minimum atomic E-state index is -0.434. The van der Waals surface area contributed by atoms with E-state index in [-0.39, 0.29) is 0 Å². The molecule has 0 amide bonds. The fourth-order valence-electron chi connectivity index (χ4n) is 3.35. The molecule has 1 aliphatic heterocycles. The average Bonchev–Trinajstić information content (AvgIpc) is 3.17. The summed E-state index contributed by atoms with van der Waals surface area (Å²) >= 11 is 0. The Kier molecular flexibility index (Phi) is 3.13. The molecule has 106 valence electrons. The minimum Gasteiger partial charge on any atom is -0.347 e. The first-order valence-electron chi connectivity index (χ1n) is 7.47. The molecule has 1 heterocycles. The molecule has 4 rings (SSSR count). The van der Waals surface area contributed by atoms with Gasteiger partial charge in [0.25, 0.3) is 0 Å². The van der Waals surface area contributed by atoms with E-state index < -0.39 is 5.79 Å². The van der Waals surface area contributed by atoms with Crippen molar-refractivity contribution in [1.29, 1.82) is 0 Å². The predicted molar refractivity (Wildman–Crippen MR) is 83.6 cm³/mol. The van der Waals surface area contributed by atoms with Crippen LogP contribution in [-0.4, -0.2) is 19.0 Å². The van der Waals surface area contributed by atoms with Crippen LogP contribution in [0.25, 0.3) is 11.1 Å². The second-order valence-electron chi connectivity index (χ2n) is 5.65. The molecule has 0 atom stereocenters. The highest BCUT2D eigenvalue weighted by atomic mass is 16.7. The van der Waals surface area contributed by atoms with E-state index in [0.29, 0.717) is 13.2 Å². The smallest absolute Gasteiger partial charge is 0.176 e. The number of ether oxygens (including phenoxy) is 2. The zero-order valence-corrected chi connectivity index (χ0v) is 11.9. The van der Waals surface area contributed by atoms with Gasteiger partial charge in [-0.1, -0.05) is 60.7 Å². The first-order chi connectivity index (χ1) is 10.4. The molecule has 2 nitrogen and oxygen atoms in total. The molecule has 2 aromatic rings. The van der Waals surface area contributed by atoms with E-state index in [9.17, 15) is 0 Å². The van der Waals surface area contributed by atoms with E-state index in [1.807, 2.05) is 0 Å². The molecule has 1 aliphatic carbocycles. The van der Waals surface area contributed by atoms with E-state index >= 15 is 0 Å². The van der Waals surface area contributed by atoms with Crippen LogP contribution >= 0.6 is 0 Å². The zero-order chi connectivity index (χ0) is 14.1. The van der Waals surface area contributed by atoms with E-state index in [0.717, 1.165) is 12.8 Å². The Balaban J connectivity index is 1.80. The first-order valence-corrected chi connectivity index (χ1v) is 7.47. The van der Waals surface area contributed by atoms with Crippen molar-refractivity contribution in [2.24, 2.45) is 0 Å². The van der Waals surface area contributed by atoms with Gasteiger partial charge in [-0.2, -0.15) is 0 Å². The number of rotatable bonds is 2. The summed E-state index contributed by atoms with van der Waals surface area (Å²) in [6, 6.07) is 21.2. The van der Waals surface area contributed by atoms with Gasteiger partial charge in [0.1, 0.15) is 0 Å². The van der Waals surface area contributed by atoms with Crippen LogP contribution < -0.4 is 0 Å². The van der Waals surface area contributed by atoms with Crippen LogP contribution in [0.3, 0.4) is 0 Å². The summed E-state index contributed by atoms with van der Waals surface area (Å²) in [6.07, 6.45) is 1.67. The summed E-state index contributed by atoms with van der Waals surface area (Å²) in [5, 5.41) is 0. The SMILES string of the molecule is c1ccc(C2=C(c3ccccc3)CC3(C2)OCCO3)cc1. The van der Waals surface area contributed by atoms with Crippen LogP contribution in [0, 0.1) is 0 Å². The Bertz CT molecular complexity index is 599. The predicted octanol–water partition coefficient (Wildman–Crippen LogP) is 4.13. The lowest BCUT2D eigenvalue weighted by molar-refractivity contribution is -0.143. The topological polar surface area (TPSA) is 18.5 Å². The highest BCUT2D eigenvalue weighted by molar-refractivity contribution is 5.94. The summed E-state index contributed by atoms with van der Waals surface area (Å²) in [6.45, 7) is 1.40. The molecule has 0 radical (unpaired) electrons. The van der Waals surface area contributed by atoms with Crippen LogP contribution in [0.15, 0.2) is 60.7 Å². The van der Waals surface area contributed by atoms with Crippen LogP contribution in [0.4, 0.5) is 0 Å². The zero-order valence-electron chi connectivity index (χ0n) is 11.9. The highest BCUT2D eigenvalue weighted by Gasteiger charge is 2.44. The first kappa shape index (κ1) is 12.8. The third-order valence-corrected chi connectivity index (χ3v) is 4.31. The van der Waals surface area contributed by atoms with E-state index in [2.05, 4.69) is 60.7 Å². The molecule has 0 unspecified atom stereocenters. The maximum Gasteiger partial charge on any atom is 0.176 e. The number of benzene rings is 2. The molecule has 2 aromatic carbocycles. The highest BCUT2D eigenvalue weighted by Crippen LogP contribution is 2.48. The van der Waals surface area contributed by atoms with Gasteiger partial charge in [0, 0.05) is 12.8 Å². The van der Waals surface area contributed by atoms with Gasteiger partial charge in [-0.05, 0) is 22.3 Å². The van der Waals surface area contributed by atoms with Crippen molar-refractivity contribution in [2.75, 3.05) is 13.2 Å². The van der Waals surface area contributed by atoms with Crippen molar-refractivity contribution in [1.82, 2.24) is 0 Å². The van der Waals surface area contributed by atoms with Gasteiger partial charge in [0.05, 0.1) is 13.2 Å². The molecule has 0 N–H and O–H groups in total. The summed E-state index contributed by atoms with van der Waals surface area (Å²) in [5.41, 5.74) is 5.24. The largest absolute Gasteiger partial charge is 0.347 e. The van der Waals surface area contributed by atoms with Gasteiger partial charge in [-0.3, -0.25) is 0 Å². The van der Waals surface area contributed by atoms with Crippen molar-refractivity contribution < 1.29 is 9.47 Å². The third kappa shape index (κ3) is 2.31. The lowest BCUT2D eigenvalue weighted by Gasteiger charge is -2.22. The fourth-order valence-corrected chi connectivity index (χ4v) is 3.35. The molecule has 1 saturated heterocycles. The van der Waals surface area contributed by atoms with Crippen molar-refractivity contribution in [2.45, 2.75) is 18.6 Å². The quantitative estimate of drug-likeness (QED) is 0.822. The third-order valence-electron chi connectivity index (χ3n) is 4.31. The van der Waals surface area contributed by atoms with Crippen molar-refractivity contribution >= 4 is 11.1 Å². The Hall–Kier alpha value is -1.90. The summed E-state index contributed by atoms with van der Waals surface area (Å²) in [4.78, 5) is 0. The molecule has 2 aliphatic rings. The van der Waals surface area contributed by atoms with Gasteiger partial charge in [0.15, 0.2) is 5.79 Å². The van der Waals surface area contributed by atoms with E-state index in [1.54, 1.807) is 0 Å². The minimum absolute atomic E-state index is 0.434. The van der Waals surface area contributed by atoms with Gasteiger partial charge >= 0.3 is 0 Å². The van der Waals surface area contributed by atoms with E-state index in [4.69, 9.17) is 9.47 Å². The molecule has 21 heavy (non-hydrogen) atoms. The van der Waals surface area contributed by atoms with Gasteiger partial charge in [-0.25, -0.2) is 0 Å². The van der Waals surface area contributed by atoms with E-state index in [1.165, 1.54) is 22.3 Å².